The van der Waals surface area contributed by atoms with E-state index in [0.717, 1.165) is 24.6 Å². The molecule has 1 aliphatic rings. The second-order valence-corrected chi connectivity index (χ2v) is 4.49. The molecule has 1 aromatic carbocycles. The van der Waals surface area contributed by atoms with E-state index < -0.39 is 5.97 Å². The fourth-order valence-corrected chi connectivity index (χ4v) is 2.17. The van der Waals surface area contributed by atoms with Gasteiger partial charge >= 0.3 is 5.97 Å². The van der Waals surface area contributed by atoms with Crippen LogP contribution in [-0.4, -0.2) is 24.2 Å². The summed E-state index contributed by atoms with van der Waals surface area (Å²) in [5, 5.41) is 8.88. The summed E-state index contributed by atoms with van der Waals surface area (Å²) in [6.07, 6.45) is 1.22. The van der Waals surface area contributed by atoms with E-state index in [1.54, 1.807) is 12.1 Å². The molecule has 0 aliphatic carbocycles. The maximum Gasteiger partial charge on any atom is 0.335 e. The molecule has 1 aromatic rings. The Bertz CT molecular complexity index is 408. The first-order valence-corrected chi connectivity index (χ1v) is 5.70. The van der Waals surface area contributed by atoms with Crippen LogP contribution in [0.15, 0.2) is 18.2 Å². The molecule has 0 radical (unpaired) electrons. The maximum atomic E-state index is 10.8. The van der Waals surface area contributed by atoms with Gasteiger partial charge in [0, 0.05) is 18.8 Å². The number of rotatable bonds is 3. The Morgan fingerprint density at radius 2 is 2.19 bits per heavy atom. The lowest BCUT2D eigenvalue weighted by molar-refractivity contribution is 0.0697. The van der Waals surface area contributed by atoms with Crippen molar-refractivity contribution in [3.63, 3.8) is 0 Å². The molecule has 86 valence electrons. The Kier molecular flexibility index (Phi) is 2.86. The normalized spacial score (nSPS) is 16.0. The zero-order chi connectivity index (χ0) is 11.7. The van der Waals surface area contributed by atoms with Crippen molar-refractivity contribution in [3.8, 4) is 0 Å². The first-order valence-electron chi connectivity index (χ1n) is 5.70. The number of benzene rings is 1. The number of nitrogens with zero attached hydrogens (tertiary/aromatic N) is 1. The smallest absolute Gasteiger partial charge is 0.335 e. The number of carboxylic acids is 1. The number of aromatic carboxylic acids is 1. The average Bonchev–Trinajstić information content (AvgIpc) is 2.18. The van der Waals surface area contributed by atoms with E-state index in [0.29, 0.717) is 5.56 Å². The SMILES string of the molecule is CCC1CN(c2ccc(C(=O)O)cc2C)C1. The largest absolute Gasteiger partial charge is 0.478 e. The van der Waals surface area contributed by atoms with Gasteiger partial charge in [-0.15, -0.1) is 0 Å². The third-order valence-corrected chi connectivity index (χ3v) is 3.32. The quantitative estimate of drug-likeness (QED) is 0.849. The highest BCUT2D eigenvalue weighted by Gasteiger charge is 2.26. The van der Waals surface area contributed by atoms with Crippen molar-refractivity contribution in [2.75, 3.05) is 18.0 Å². The highest BCUT2D eigenvalue weighted by Crippen LogP contribution is 2.29. The number of aryl methyl sites for hydroxylation is 1. The van der Waals surface area contributed by atoms with Crippen molar-refractivity contribution in [1.82, 2.24) is 0 Å². The second kappa shape index (κ2) is 4.16. The summed E-state index contributed by atoms with van der Waals surface area (Å²) in [6, 6.07) is 5.35. The number of hydrogen-bond donors (Lipinski definition) is 1. The topological polar surface area (TPSA) is 40.5 Å². The first-order chi connectivity index (χ1) is 7.61. The summed E-state index contributed by atoms with van der Waals surface area (Å²) < 4.78 is 0. The van der Waals surface area contributed by atoms with E-state index in [4.69, 9.17) is 5.11 Å². The minimum absolute atomic E-state index is 0.369. The summed E-state index contributed by atoms with van der Waals surface area (Å²) in [5.74, 6) is -0.0526. The predicted molar refractivity (Wildman–Crippen MR) is 64.1 cm³/mol. The highest BCUT2D eigenvalue weighted by molar-refractivity contribution is 5.88. The molecular weight excluding hydrogens is 202 g/mol. The molecule has 1 heterocycles. The molecule has 0 bridgehead atoms. The van der Waals surface area contributed by atoms with E-state index in [1.165, 1.54) is 12.1 Å². The molecular formula is C13H17NO2. The van der Waals surface area contributed by atoms with Crippen LogP contribution in [0.1, 0.15) is 29.3 Å². The van der Waals surface area contributed by atoms with Gasteiger partial charge in [-0.25, -0.2) is 4.79 Å². The Balaban J connectivity index is 2.15. The molecule has 1 fully saturated rings. The van der Waals surface area contributed by atoms with Crippen molar-refractivity contribution in [3.05, 3.63) is 29.3 Å². The van der Waals surface area contributed by atoms with Crippen LogP contribution in [0.25, 0.3) is 0 Å². The lowest BCUT2D eigenvalue weighted by Crippen LogP contribution is -2.46. The fraction of sp³-hybridized carbons (Fsp3) is 0.462. The molecule has 1 saturated heterocycles. The van der Waals surface area contributed by atoms with E-state index in [-0.39, 0.29) is 0 Å². The lowest BCUT2D eigenvalue weighted by Gasteiger charge is -2.41. The summed E-state index contributed by atoms with van der Waals surface area (Å²) in [5.41, 5.74) is 2.60. The van der Waals surface area contributed by atoms with Gasteiger partial charge in [0.1, 0.15) is 0 Å². The average molecular weight is 219 g/mol. The van der Waals surface area contributed by atoms with Crippen molar-refractivity contribution in [2.45, 2.75) is 20.3 Å². The molecule has 0 amide bonds. The number of hydrogen-bond acceptors (Lipinski definition) is 2. The molecule has 2 rings (SSSR count). The van der Waals surface area contributed by atoms with Gasteiger partial charge in [0.05, 0.1) is 5.56 Å². The Labute approximate surface area is 95.7 Å². The summed E-state index contributed by atoms with van der Waals surface area (Å²) in [7, 11) is 0. The van der Waals surface area contributed by atoms with Crippen molar-refractivity contribution >= 4 is 11.7 Å². The van der Waals surface area contributed by atoms with Gasteiger partial charge in [0.15, 0.2) is 0 Å². The molecule has 1 aliphatic heterocycles. The summed E-state index contributed by atoms with van der Waals surface area (Å²) in [4.78, 5) is 13.1. The molecule has 0 unspecified atom stereocenters. The van der Waals surface area contributed by atoms with Crippen molar-refractivity contribution < 1.29 is 9.90 Å². The fourth-order valence-electron chi connectivity index (χ4n) is 2.17. The summed E-state index contributed by atoms with van der Waals surface area (Å²) in [6.45, 7) is 6.39. The van der Waals surface area contributed by atoms with Gasteiger partial charge < -0.3 is 10.0 Å². The predicted octanol–water partition coefficient (Wildman–Crippen LogP) is 2.54. The van der Waals surface area contributed by atoms with Crippen LogP contribution in [0.2, 0.25) is 0 Å². The van der Waals surface area contributed by atoms with Gasteiger partial charge in [-0.2, -0.15) is 0 Å². The molecule has 3 nitrogen and oxygen atoms in total. The Morgan fingerprint density at radius 1 is 1.50 bits per heavy atom. The van der Waals surface area contributed by atoms with E-state index >= 15 is 0 Å². The van der Waals surface area contributed by atoms with Crippen molar-refractivity contribution in [1.29, 1.82) is 0 Å². The van der Waals surface area contributed by atoms with Crippen LogP contribution in [0.5, 0.6) is 0 Å². The molecule has 16 heavy (non-hydrogen) atoms. The first kappa shape index (κ1) is 11.0. The molecule has 0 aromatic heterocycles. The van der Waals surface area contributed by atoms with Crippen LogP contribution >= 0.6 is 0 Å². The van der Waals surface area contributed by atoms with E-state index in [1.807, 2.05) is 13.0 Å². The van der Waals surface area contributed by atoms with E-state index in [9.17, 15) is 4.79 Å². The molecule has 0 saturated carbocycles. The third kappa shape index (κ3) is 1.90. The number of anilines is 1. The number of carboxylic acid groups (broad SMARTS) is 1. The van der Waals surface area contributed by atoms with Gasteiger partial charge in [-0.3, -0.25) is 0 Å². The van der Waals surface area contributed by atoms with Crippen LogP contribution in [0.3, 0.4) is 0 Å². The Morgan fingerprint density at radius 3 is 2.69 bits per heavy atom. The highest BCUT2D eigenvalue weighted by atomic mass is 16.4. The lowest BCUT2D eigenvalue weighted by atomic mass is 9.95. The van der Waals surface area contributed by atoms with Gasteiger partial charge in [-0.05, 0) is 43.0 Å². The molecule has 1 N–H and O–H groups in total. The maximum absolute atomic E-state index is 10.8. The second-order valence-electron chi connectivity index (χ2n) is 4.49. The number of carbonyl (C=O) groups is 1. The van der Waals surface area contributed by atoms with Gasteiger partial charge in [-0.1, -0.05) is 6.92 Å². The monoisotopic (exact) mass is 219 g/mol. The van der Waals surface area contributed by atoms with Crippen LogP contribution in [-0.2, 0) is 0 Å². The van der Waals surface area contributed by atoms with Crippen molar-refractivity contribution in [2.24, 2.45) is 5.92 Å². The zero-order valence-corrected chi connectivity index (χ0v) is 9.73. The Hall–Kier alpha value is -1.51. The molecule has 3 heteroatoms. The van der Waals surface area contributed by atoms with E-state index in [2.05, 4.69) is 11.8 Å². The van der Waals surface area contributed by atoms with Gasteiger partial charge in [0.2, 0.25) is 0 Å². The third-order valence-electron chi connectivity index (χ3n) is 3.32. The van der Waals surface area contributed by atoms with Crippen LogP contribution < -0.4 is 4.90 Å². The standard InChI is InChI=1S/C13H17NO2/c1-3-10-7-14(8-10)12-5-4-11(13(15)16)6-9(12)2/h4-6,10H,3,7-8H2,1-2H3,(H,15,16). The van der Waals surface area contributed by atoms with Crippen LogP contribution in [0.4, 0.5) is 5.69 Å². The summed E-state index contributed by atoms with van der Waals surface area (Å²) >= 11 is 0. The van der Waals surface area contributed by atoms with Crippen LogP contribution in [0, 0.1) is 12.8 Å². The zero-order valence-electron chi connectivity index (χ0n) is 9.73. The minimum Gasteiger partial charge on any atom is -0.478 e. The van der Waals surface area contributed by atoms with Gasteiger partial charge in [0.25, 0.3) is 0 Å². The minimum atomic E-state index is -0.857. The molecule has 0 atom stereocenters. The molecule has 0 spiro atoms.